The maximum absolute atomic E-state index is 13.7. The lowest BCUT2D eigenvalue weighted by atomic mass is 9.95. The summed E-state index contributed by atoms with van der Waals surface area (Å²) >= 11 is 0. The summed E-state index contributed by atoms with van der Waals surface area (Å²) < 4.78 is 19.4. The van der Waals surface area contributed by atoms with Crippen LogP contribution in [0.25, 0.3) is 0 Å². The minimum Gasteiger partial charge on any atom is -0.489 e. The molecule has 0 bridgehead atoms. The van der Waals surface area contributed by atoms with E-state index in [1.165, 1.54) is 17.2 Å². The summed E-state index contributed by atoms with van der Waals surface area (Å²) in [5, 5.41) is 9.03. The number of likely N-dealkylation sites (tertiary alicyclic amines) is 1. The van der Waals surface area contributed by atoms with Crippen molar-refractivity contribution in [1.29, 1.82) is 0 Å². The highest BCUT2D eigenvalue weighted by molar-refractivity contribution is 5.71. The standard InChI is InChI=1S/C20H20FNO3/c21-18-4-2-1-3-14(18)12-25-16-6-7-17-13(9-16)5-8-19(17)22-10-15(11-22)20(23)24/h1-4,6-7,9,15,19H,5,8,10-12H2,(H,23,24). The molecule has 1 aliphatic carbocycles. The van der Waals surface area contributed by atoms with Crippen molar-refractivity contribution in [2.75, 3.05) is 13.1 Å². The van der Waals surface area contributed by atoms with Gasteiger partial charge >= 0.3 is 5.97 Å². The van der Waals surface area contributed by atoms with Crippen LogP contribution in [0.1, 0.15) is 29.2 Å². The van der Waals surface area contributed by atoms with E-state index in [0.717, 1.165) is 18.6 Å². The molecular formula is C20H20FNO3. The molecule has 25 heavy (non-hydrogen) atoms. The Bertz CT molecular complexity index is 801. The third kappa shape index (κ3) is 3.12. The summed E-state index contributed by atoms with van der Waals surface area (Å²) in [6.07, 6.45) is 1.98. The van der Waals surface area contributed by atoms with Gasteiger partial charge in [-0.05, 0) is 42.2 Å². The third-order valence-corrected chi connectivity index (χ3v) is 5.21. The van der Waals surface area contributed by atoms with Crippen LogP contribution in [-0.2, 0) is 17.8 Å². The third-order valence-electron chi connectivity index (χ3n) is 5.21. The molecule has 1 aliphatic heterocycles. The Balaban J connectivity index is 1.42. The molecule has 2 aromatic carbocycles. The number of hydrogen-bond acceptors (Lipinski definition) is 3. The van der Waals surface area contributed by atoms with E-state index in [-0.39, 0.29) is 18.3 Å². The fourth-order valence-electron chi connectivity index (χ4n) is 3.74. The molecule has 0 amide bonds. The zero-order valence-electron chi connectivity index (χ0n) is 13.8. The van der Waals surface area contributed by atoms with Gasteiger partial charge in [-0.1, -0.05) is 24.3 Å². The van der Waals surface area contributed by atoms with Gasteiger partial charge in [0.2, 0.25) is 0 Å². The van der Waals surface area contributed by atoms with Gasteiger partial charge < -0.3 is 9.84 Å². The first-order chi connectivity index (χ1) is 12.1. The summed E-state index contributed by atoms with van der Waals surface area (Å²) in [5.41, 5.74) is 3.05. The number of carboxylic acids is 1. The molecule has 5 heteroatoms. The molecular weight excluding hydrogens is 321 g/mol. The lowest BCUT2D eigenvalue weighted by molar-refractivity contribution is -0.148. The van der Waals surface area contributed by atoms with E-state index in [9.17, 15) is 9.18 Å². The first-order valence-corrected chi connectivity index (χ1v) is 8.57. The van der Waals surface area contributed by atoms with Gasteiger partial charge in [0.25, 0.3) is 0 Å². The van der Waals surface area contributed by atoms with E-state index in [2.05, 4.69) is 11.0 Å². The first kappa shape index (κ1) is 16.1. The first-order valence-electron chi connectivity index (χ1n) is 8.57. The maximum Gasteiger partial charge on any atom is 0.309 e. The van der Waals surface area contributed by atoms with Crippen LogP contribution < -0.4 is 4.74 Å². The van der Waals surface area contributed by atoms with Gasteiger partial charge in [0, 0.05) is 24.7 Å². The molecule has 4 nitrogen and oxygen atoms in total. The van der Waals surface area contributed by atoms with Gasteiger partial charge in [0.05, 0.1) is 5.92 Å². The normalized spacial score (nSPS) is 20.1. The second kappa shape index (κ2) is 6.48. The summed E-state index contributed by atoms with van der Waals surface area (Å²) in [6, 6.07) is 13.0. The Morgan fingerprint density at radius 1 is 1.24 bits per heavy atom. The van der Waals surface area contributed by atoms with Gasteiger partial charge in [-0.2, -0.15) is 0 Å². The van der Waals surface area contributed by atoms with Crippen LogP contribution >= 0.6 is 0 Å². The van der Waals surface area contributed by atoms with Crippen LogP contribution in [0, 0.1) is 11.7 Å². The average molecular weight is 341 g/mol. The summed E-state index contributed by atoms with van der Waals surface area (Å²) in [4.78, 5) is 13.2. The number of aryl methyl sites for hydroxylation is 1. The number of hydrogen-bond donors (Lipinski definition) is 1. The van der Waals surface area contributed by atoms with Crippen LogP contribution in [0.3, 0.4) is 0 Å². The number of benzene rings is 2. The summed E-state index contributed by atoms with van der Waals surface area (Å²) in [7, 11) is 0. The van der Waals surface area contributed by atoms with E-state index >= 15 is 0 Å². The summed E-state index contributed by atoms with van der Waals surface area (Å²) in [6.45, 7) is 1.47. The van der Waals surface area contributed by atoms with Gasteiger partial charge in [0.1, 0.15) is 18.2 Å². The van der Waals surface area contributed by atoms with Crippen molar-refractivity contribution in [3.8, 4) is 5.75 Å². The molecule has 1 atom stereocenters. The number of ether oxygens (including phenoxy) is 1. The van der Waals surface area contributed by atoms with E-state index in [1.807, 2.05) is 12.1 Å². The molecule has 2 aromatic rings. The smallest absolute Gasteiger partial charge is 0.309 e. The molecule has 0 spiro atoms. The van der Waals surface area contributed by atoms with Gasteiger partial charge in [0.15, 0.2) is 0 Å². The Kier molecular flexibility index (Phi) is 4.17. The van der Waals surface area contributed by atoms with Crippen molar-refractivity contribution in [2.24, 2.45) is 5.92 Å². The number of halogens is 1. The monoisotopic (exact) mass is 341 g/mol. The van der Waals surface area contributed by atoms with Gasteiger partial charge in [-0.3, -0.25) is 9.69 Å². The summed E-state index contributed by atoms with van der Waals surface area (Å²) in [5.74, 6) is -0.442. The van der Waals surface area contributed by atoms with Crippen molar-refractivity contribution < 1.29 is 19.0 Å². The van der Waals surface area contributed by atoms with Crippen LogP contribution in [-0.4, -0.2) is 29.1 Å². The van der Waals surface area contributed by atoms with Crippen LogP contribution in [0.15, 0.2) is 42.5 Å². The van der Waals surface area contributed by atoms with Gasteiger partial charge in [-0.25, -0.2) is 4.39 Å². The lowest BCUT2D eigenvalue weighted by Gasteiger charge is -2.41. The average Bonchev–Trinajstić information content (AvgIpc) is 2.95. The molecule has 4 rings (SSSR count). The number of carbonyl (C=O) groups is 1. The largest absolute Gasteiger partial charge is 0.489 e. The number of aliphatic carboxylic acids is 1. The predicted molar refractivity (Wildman–Crippen MR) is 90.9 cm³/mol. The Morgan fingerprint density at radius 2 is 2.04 bits per heavy atom. The molecule has 2 aliphatic rings. The fraction of sp³-hybridized carbons (Fsp3) is 0.350. The number of fused-ring (bicyclic) bond motifs is 1. The Hall–Kier alpha value is -2.40. The van der Waals surface area contributed by atoms with E-state index in [0.29, 0.717) is 24.7 Å². The quantitative estimate of drug-likeness (QED) is 0.905. The molecule has 130 valence electrons. The van der Waals surface area contributed by atoms with E-state index in [1.54, 1.807) is 18.2 Å². The number of nitrogens with zero attached hydrogens (tertiary/aromatic N) is 1. The minimum atomic E-state index is -0.702. The molecule has 0 aromatic heterocycles. The SMILES string of the molecule is O=C(O)C1CN(C2CCc3cc(OCc4ccccc4F)ccc32)C1. The molecule has 1 heterocycles. The van der Waals surface area contributed by atoms with Crippen LogP contribution in [0.2, 0.25) is 0 Å². The number of carboxylic acid groups (broad SMARTS) is 1. The molecule has 1 saturated heterocycles. The van der Waals surface area contributed by atoms with E-state index in [4.69, 9.17) is 9.84 Å². The Morgan fingerprint density at radius 3 is 2.80 bits per heavy atom. The van der Waals surface area contributed by atoms with Crippen molar-refractivity contribution in [2.45, 2.75) is 25.5 Å². The Labute approximate surface area is 145 Å². The minimum absolute atomic E-state index is 0.210. The second-order valence-electron chi connectivity index (χ2n) is 6.78. The van der Waals surface area contributed by atoms with Crippen molar-refractivity contribution in [1.82, 2.24) is 4.90 Å². The van der Waals surface area contributed by atoms with E-state index < -0.39 is 5.97 Å². The molecule has 1 fully saturated rings. The molecule has 1 unspecified atom stereocenters. The van der Waals surface area contributed by atoms with Gasteiger partial charge in [-0.15, -0.1) is 0 Å². The predicted octanol–water partition coefficient (Wildman–Crippen LogP) is 3.41. The van der Waals surface area contributed by atoms with Crippen molar-refractivity contribution >= 4 is 5.97 Å². The van der Waals surface area contributed by atoms with Crippen LogP contribution in [0.5, 0.6) is 5.75 Å². The van der Waals surface area contributed by atoms with Crippen molar-refractivity contribution in [3.63, 3.8) is 0 Å². The lowest BCUT2D eigenvalue weighted by Crippen LogP contribution is -2.51. The highest BCUT2D eigenvalue weighted by atomic mass is 19.1. The second-order valence-corrected chi connectivity index (χ2v) is 6.78. The topological polar surface area (TPSA) is 49.8 Å². The highest BCUT2D eigenvalue weighted by Gasteiger charge is 2.39. The number of rotatable bonds is 5. The maximum atomic E-state index is 13.7. The fourth-order valence-corrected chi connectivity index (χ4v) is 3.74. The molecule has 0 radical (unpaired) electrons. The van der Waals surface area contributed by atoms with Crippen molar-refractivity contribution in [3.05, 3.63) is 65.0 Å². The zero-order chi connectivity index (χ0) is 17.4. The highest BCUT2D eigenvalue weighted by Crippen LogP contribution is 2.40. The zero-order valence-corrected chi connectivity index (χ0v) is 13.8. The molecule has 0 saturated carbocycles. The molecule has 1 N–H and O–H groups in total. The van der Waals surface area contributed by atoms with Crippen LogP contribution in [0.4, 0.5) is 4.39 Å².